The third-order valence-corrected chi connectivity index (χ3v) is 7.00. The van der Waals surface area contributed by atoms with E-state index in [1.807, 2.05) is 30.3 Å². The number of nitrogens with one attached hydrogen (secondary N) is 3. The molecule has 11 heteroatoms. The highest BCUT2D eigenvalue weighted by molar-refractivity contribution is 7.92. The van der Waals surface area contributed by atoms with Gasteiger partial charge >= 0.3 is 0 Å². The predicted molar refractivity (Wildman–Crippen MR) is 155 cm³/mol. The first-order valence-corrected chi connectivity index (χ1v) is 13.9. The van der Waals surface area contributed by atoms with Gasteiger partial charge in [-0.2, -0.15) is 0 Å². The Morgan fingerprint density at radius 3 is 2.28 bits per heavy atom. The third kappa shape index (κ3) is 8.06. The first-order valence-electron chi connectivity index (χ1n) is 12.0. The van der Waals surface area contributed by atoms with Crippen LogP contribution in [0.3, 0.4) is 0 Å². The highest BCUT2D eigenvalue weighted by atomic mass is 32.2. The molecule has 39 heavy (non-hydrogen) atoms. The van der Waals surface area contributed by atoms with Gasteiger partial charge in [0.25, 0.3) is 15.9 Å². The molecule has 9 nitrogen and oxygen atoms in total. The summed E-state index contributed by atoms with van der Waals surface area (Å²) in [5.74, 6) is 0.177. The van der Waals surface area contributed by atoms with Gasteiger partial charge in [0.2, 0.25) is 5.95 Å². The lowest BCUT2D eigenvalue weighted by atomic mass is 10.2. The molecule has 1 amide bonds. The van der Waals surface area contributed by atoms with Gasteiger partial charge in [-0.05, 0) is 80.2 Å². The Kier molecular flexibility index (Phi) is 8.84. The van der Waals surface area contributed by atoms with E-state index in [9.17, 15) is 13.2 Å². The number of rotatable bonds is 9. The summed E-state index contributed by atoms with van der Waals surface area (Å²) in [6.45, 7) is 3.99. The smallest absolute Gasteiger partial charge is 0.264 e. The first-order chi connectivity index (χ1) is 18.7. The maximum absolute atomic E-state index is 12.7. The van der Waals surface area contributed by atoms with Crippen molar-refractivity contribution in [3.05, 3.63) is 107 Å². The summed E-state index contributed by atoms with van der Waals surface area (Å²) in [6.07, 6.45) is 0.751. The molecule has 0 spiro atoms. The molecule has 4 rings (SSSR count). The summed E-state index contributed by atoms with van der Waals surface area (Å²) >= 11 is 5.27. The van der Waals surface area contributed by atoms with Crippen LogP contribution in [0, 0.1) is 13.8 Å². The van der Waals surface area contributed by atoms with Crippen LogP contribution in [0.1, 0.15) is 27.3 Å². The number of benzene rings is 3. The Labute approximate surface area is 232 Å². The second-order valence-corrected chi connectivity index (χ2v) is 10.7. The normalized spacial score (nSPS) is 10.9. The summed E-state index contributed by atoms with van der Waals surface area (Å²) in [4.78, 5) is 20.9. The number of carbonyl (C=O) groups is 1. The van der Waals surface area contributed by atoms with Crippen LogP contribution in [-0.4, -0.2) is 36.0 Å². The number of thiocarbonyl (C=S) groups is 1. The Bertz CT molecular complexity index is 1560. The van der Waals surface area contributed by atoms with Gasteiger partial charge < -0.3 is 10.1 Å². The lowest BCUT2D eigenvalue weighted by molar-refractivity contribution is 0.0977. The van der Waals surface area contributed by atoms with Gasteiger partial charge in [-0.15, -0.1) is 0 Å². The zero-order valence-corrected chi connectivity index (χ0v) is 23.0. The molecule has 1 aromatic heterocycles. The minimum Gasteiger partial charge on any atom is -0.493 e. The molecule has 0 bridgehead atoms. The van der Waals surface area contributed by atoms with Gasteiger partial charge in [-0.25, -0.2) is 23.1 Å². The van der Waals surface area contributed by atoms with Crippen molar-refractivity contribution in [2.24, 2.45) is 0 Å². The van der Waals surface area contributed by atoms with Crippen molar-refractivity contribution in [2.75, 3.05) is 16.6 Å². The number of nitrogens with zero attached hydrogens (tertiary/aromatic N) is 2. The van der Waals surface area contributed by atoms with E-state index < -0.39 is 15.9 Å². The zero-order chi connectivity index (χ0) is 27.8. The van der Waals surface area contributed by atoms with Crippen LogP contribution in [0.2, 0.25) is 0 Å². The van der Waals surface area contributed by atoms with Crippen LogP contribution >= 0.6 is 12.2 Å². The first kappa shape index (κ1) is 27.7. The molecule has 0 atom stereocenters. The van der Waals surface area contributed by atoms with Crippen LogP contribution in [-0.2, 0) is 16.4 Å². The quantitative estimate of drug-likeness (QED) is 0.253. The van der Waals surface area contributed by atoms with E-state index >= 15 is 0 Å². The van der Waals surface area contributed by atoms with Crippen LogP contribution in [0.15, 0.2) is 89.8 Å². The molecule has 3 N–H and O–H groups in total. The molecule has 3 aromatic carbocycles. The van der Waals surface area contributed by atoms with Crippen LogP contribution < -0.4 is 20.1 Å². The highest BCUT2D eigenvalue weighted by Gasteiger charge is 2.16. The van der Waals surface area contributed by atoms with E-state index in [0.29, 0.717) is 35.0 Å². The fourth-order valence-corrected chi connectivity index (χ4v) is 4.82. The van der Waals surface area contributed by atoms with Crippen molar-refractivity contribution in [1.82, 2.24) is 15.3 Å². The molecule has 0 aliphatic carbocycles. The average Bonchev–Trinajstić information content (AvgIpc) is 2.89. The lowest BCUT2D eigenvalue weighted by Gasteiger charge is -2.12. The molecule has 0 aliphatic heterocycles. The van der Waals surface area contributed by atoms with Crippen molar-refractivity contribution >= 4 is 44.9 Å². The van der Waals surface area contributed by atoms with E-state index in [4.69, 9.17) is 17.0 Å². The number of aryl methyl sites for hydroxylation is 2. The van der Waals surface area contributed by atoms with Gasteiger partial charge in [0.15, 0.2) is 5.11 Å². The predicted octanol–water partition coefficient (Wildman–Crippen LogP) is 4.64. The van der Waals surface area contributed by atoms with Gasteiger partial charge in [-0.3, -0.25) is 10.1 Å². The van der Waals surface area contributed by atoms with Crippen LogP contribution in [0.5, 0.6) is 5.75 Å². The van der Waals surface area contributed by atoms with Crippen molar-refractivity contribution in [3.63, 3.8) is 0 Å². The second-order valence-electron chi connectivity index (χ2n) is 8.62. The van der Waals surface area contributed by atoms with Crippen molar-refractivity contribution in [3.8, 4) is 5.75 Å². The molecule has 0 saturated heterocycles. The number of hydrogen-bond donors (Lipinski definition) is 3. The zero-order valence-electron chi connectivity index (χ0n) is 21.3. The number of ether oxygens (including phenoxy) is 1. The van der Waals surface area contributed by atoms with Crippen LogP contribution in [0.25, 0.3) is 0 Å². The topological polar surface area (TPSA) is 122 Å². The van der Waals surface area contributed by atoms with Gasteiger partial charge in [0.1, 0.15) is 5.75 Å². The summed E-state index contributed by atoms with van der Waals surface area (Å²) in [6, 6.07) is 24.5. The Morgan fingerprint density at radius 1 is 0.897 bits per heavy atom. The summed E-state index contributed by atoms with van der Waals surface area (Å²) in [5.41, 5.74) is 3.35. The lowest BCUT2D eigenvalue weighted by Crippen LogP contribution is -2.34. The van der Waals surface area contributed by atoms with E-state index in [-0.39, 0.29) is 16.0 Å². The summed E-state index contributed by atoms with van der Waals surface area (Å²) in [7, 11) is -3.89. The van der Waals surface area contributed by atoms with Crippen LogP contribution in [0.4, 0.5) is 11.6 Å². The van der Waals surface area contributed by atoms with Crippen molar-refractivity contribution in [1.29, 1.82) is 0 Å². The number of anilines is 2. The Morgan fingerprint density at radius 2 is 1.59 bits per heavy atom. The maximum Gasteiger partial charge on any atom is 0.264 e. The van der Waals surface area contributed by atoms with E-state index in [1.165, 1.54) is 29.8 Å². The average molecular weight is 562 g/mol. The molecule has 0 radical (unpaired) electrons. The highest BCUT2D eigenvalue weighted by Crippen LogP contribution is 2.18. The Balaban J connectivity index is 1.31. The van der Waals surface area contributed by atoms with E-state index in [1.54, 1.807) is 44.2 Å². The molecule has 0 aliphatic rings. The number of aromatic nitrogens is 2. The maximum atomic E-state index is 12.7. The molecule has 4 aromatic rings. The van der Waals surface area contributed by atoms with Gasteiger partial charge in [-0.1, -0.05) is 36.4 Å². The third-order valence-electron chi connectivity index (χ3n) is 5.46. The van der Waals surface area contributed by atoms with Gasteiger partial charge in [0.05, 0.1) is 11.5 Å². The van der Waals surface area contributed by atoms with Gasteiger partial charge in [0, 0.05) is 29.1 Å². The summed E-state index contributed by atoms with van der Waals surface area (Å²) in [5, 5.41) is 5.56. The molecule has 0 unspecified atom stereocenters. The second kappa shape index (κ2) is 12.5. The van der Waals surface area contributed by atoms with Crippen molar-refractivity contribution < 1.29 is 17.9 Å². The minimum absolute atomic E-state index is 0.00394. The SMILES string of the molecule is Cc1cc(C)nc(NS(=O)(=O)c2ccc(NC(=S)NC(=O)c3cccc(OCCc4ccccc4)c3)cc2)n1. The monoisotopic (exact) mass is 561 g/mol. The number of sulfonamides is 1. The molecule has 0 saturated carbocycles. The summed E-state index contributed by atoms with van der Waals surface area (Å²) < 4.78 is 33.6. The van der Waals surface area contributed by atoms with E-state index in [2.05, 4.69) is 25.3 Å². The number of hydrogen-bond acceptors (Lipinski definition) is 7. The largest absolute Gasteiger partial charge is 0.493 e. The molecular formula is C28H27N5O4S2. The molecular weight excluding hydrogens is 534 g/mol. The fraction of sp³-hybridized carbons (Fsp3) is 0.143. The minimum atomic E-state index is -3.89. The Hall–Kier alpha value is -4.35. The molecule has 200 valence electrons. The number of amides is 1. The molecule has 0 fully saturated rings. The van der Waals surface area contributed by atoms with Crippen molar-refractivity contribution in [2.45, 2.75) is 25.2 Å². The van der Waals surface area contributed by atoms with E-state index in [0.717, 1.165) is 6.42 Å². The number of carbonyl (C=O) groups excluding carboxylic acids is 1. The fourth-order valence-electron chi connectivity index (χ4n) is 3.66. The molecule has 1 heterocycles. The standard InChI is InChI=1S/C28H27N5O4S2/c1-19-17-20(2)30-27(29-19)33-39(35,36)25-13-11-23(12-14-25)31-28(38)32-26(34)22-9-6-10-24(18-22)37-16-15-21-7-4-3-5-8-21/h3-14,17-18H,15-16H2,1-2H3,(H,29,30,33)(H2,31,32,34,38).